The van der Waals surface area contributed by atoms with Crippen molar-refractivity contribution in [3.8, 4) is 0 Å². The van der Waals surface area contributed by atoms with Gasteiger partial charge in [0.1, 0.15) is 0 Å². The molecule has 0 unspecified atom stereocenters. The molecule has 0 bridgehead atoms. The Morgan fingerprint density at radius 1 is 1.23 bits per heavy atom. The van der Waals surface area contributed by atoms with Crippen LogP contribution in [-0.4, -0.2) is 33.0 Å². The van der Waals surface area contributed by atoms with E-state index >= 15 is 0 Å². The van der Waals surface area contributed by atoms with Crippen LogP contribution in [0.2, 0.25) is 5.02 Å². The molecule has 5 nitrogen and oxygen atoms in total. The Morgan fingerprint density at radius 3 is 2.62 bits per heavy atom. The number of thiazole rings is 1. The molecule has 0 fully saturated rings. The summed E-state index contributed by atoms with van der Waals surface area (Å²) in [5.41, 5.74) is 0.940. The van der Waals surface area contributed by atoms with Crippen molar-refractivity contribution >= 4 is 54.9 Å². The molecule has 9 heteroatoms. The fourth-order valence-corrected chi connectivity index (χ4v) is 5.35. The number of methoxy groups -OCH3 is 1. The van der Waals surface area contributed by atoms with E-state index in [2.05, 4.69) is 4.40 Å². The van der Waals surface area contributed by atoms with Crippen LogP contribution in [0, 0.1) is 0 Å². The van der Waals surface area contributed by atoms with Crippen molar-refractivity contribution in [3.05, 3.63) is 52.3 Å². The summed E-state index contributed by atoms with van der Waals surface area (Å²) in [5, 5.41) is 0.477. The minimum atomic E-state index is -3.83. The maximum absolute atomic E-state index is 12.7. The molecular weight excluding hydrogens is 412 g/mol. The van der Waals surface area contributed by atoms with Gasteiger partial charge < -0.3 is 9.30 Å². The number of rotatable bonds is 6. The van der Waals surface area contributed by atoms with Crippen LogP contribution in [0.3, 0.4) is 0 Å². The first-order valence-electron chi connectivity index (χ1n) is 7.67. The Hall–Kier alpha value is -1.32. The fraction of sp³-hybridized carbons (Fsp3) is 0.235. The van der Waals surface area contributed by atoms with E-state index < -0.39 is 10.0 Å². The van der Waals surface area contributed by atoms with Crippen LogP contribution < -0.4 is 4.80 Å². The Balaban J connectivity index is 2.18. The number of ether oxygens (including phenoxy) is 1. The van der Waals surface area contributed by atoms with Gasteiger partial charge in [0, 0.05) is 23.6 Å². The van der Waals surface area contributed by atoms with Crippen LogP contribution in [0.5, 0.6) is 0 Å². The van der Waals surface area contributed by atoms with Crippen molar-refractivity contribution < 1.29 is 13.2 Å². The highest BCUT2D eigenvalue weighted by molar-refractivity contribution is 7.98. The molecule has 3 rings (SSSR count). The summed E-state index contributed by atoms with van der Waals surface area (Å²) in [7, 11) is -2.22. The predicted molar refractivity (Wildman–Crippen MR) is 108 cm³/mol. The third-order valence-electron chi connectivity index (χ3n) is 3.72. The zero-order chi connectivity index (χ0) is 18.7. The molecule has 1 aromatic heterocycles. The molecule has 138 valence electrons. The minimum absolute atomic E-state index is 0.113. The lowest BCUT2D eigenvalue weighted by molar-refractivity contribution is 0.187. The summed E-state index contributed by atoms with van der Waals surface area (Å²) in [6.07, 6.45) is 2.00. The summed E-state index contributed by atoms with van der Waals surface area (Å²) in [4.78, 5) is 1.65. The quantitative estimate of drug-likeness (QED) is 0.556. The Bertz CT molecular complexity index is 1090. The van der Waals surface area contributed by atoms with E-state index in [1.165, 1.54) is 23.5 Å². The van der Waals surface area contributed by atoms with Crippen molar-refractivity contribution in [1.82, 2.24) is 4.57 Å². The Labute approximate surface area is 165 Å². The van der Waals surface area contributed by atoms with Crippen LogP contribution in [0.1, 0.15) is 0 Å². The molecule has 0 atom stereocenters. The first kappa shape index (κ1) is 19.4. The molecule has 0 saturated carbocycles. The van der Waals surface area contributed by atoms with Crippen molar-refractivity contribution in [3.63, 3.8) is 0 Å². The van der Waals surface area contributed by atoms with E-state index in [1.54, 1.807) is 31.0 Å². The molecule has 0 aliphatic rings. The number of aromatic nitrogens is 1. The van der Waals surface area contributed by atoms with E-state index in [0.717, 1.165) is 15.1 Å². The van der Waals surface area contributed by atoms with Crippen molar-refractivity contribution in [1.29, 1.82) is 0 Å². The highest BCUT2D eigenvalue weighted by Crippen LogP contribution is 2.24. The number of sulfonamides is 1. The third kappa shape index (κ3) is 4.15. The SMILES string of the molecule is COCCn1c(=NS(=O)(=O)c2ccc(Cl)cc2)sc2cc(SC)ccc21. The zero-order valence-electron chi connectivity index (χ0n) is 14.2. The summed E-state index contributed by atoms with van der Waals surface area (Å²) in [6, 6.07) is 12.0. The van der Waals surface area contributed by atoms with Crippen molar-refractivity contribution in [2.75, 3.05) is 20.0 Å². The average molecular weight is 429 g/mol. The predicted octanol–water partition coefficient (Wildman–Crippen LogP) is 4.01. The Kier molecular flexibility index (Phi) is 6.09. The van der Waals surface area contributed by atoms with Crippen LogP contribution in [0.4, 0.5) is 0 Å². The van der Waals surface area contributed by atoms with Gasteiger partial charge in [-0.3, -0.25) is 0 Å². The standard InChI is InChI=1S/C17H17ClN2O3S3/c1-23-10-9-20-15-8-5-13(24-2)11-16(15)25-17(20)19-26(21,22)14-6-3-12(18)4-7-14/h3-8,11H,9-10H2,1-2H3. The largest absolute Gasteiger partial charge is 0.383 e. The van der Waals surface area contributed by atoms with E-state index in [4.69, 9.17) is 16.3 Å². The smallest absolute Gasteiger partial charge is 0.285 e. The number of hydrogen-bond donors (Lipinski definition) is 0. The minimum Gasteiger partial charge on any atom is -0.383 e. The maximum Gasteiger partial charge on any atom is 0.285 e. The summed E-state index contributed by atoms with van der Waals surface area (Å²) in [6.45, 7) is 0.981. The van der Waals surface area contributed by atoms with Gasteiger partial charge in [0.2, 0.25) is 4.80 Å². The average Bonchev–Trinajstić information content (AvgIpc) is 2.95. The molecule has 26 heavy (non-hydrogen) atoms. The van der Waals surface area contributed by atoms with Gasteiger partial charge in [-0.15, -0.1) is 16.2 Å². The number of halogens is 1. The monoisotopic (exact) mass is 428 g/mol. The first-order chi connectivity index (χ1) is 12.4. The first-order valence-corrected chi connectivity index (χ1v) is 11.5. The molecule has 0 radical (unpaired) electrons. The summed E-state index contributed by atoms with van der Waals surface area (Å²) >= 11 is 8.83. The van der Waals surface area contributed by atoms with E-state index in [0.29, 0.717) is 23.0 Å². The second-order valence-electron chi connectivity index (χ2n) is 5.38. The number of thioether (sulfide) groups is 1. The number of fused-ring (bicyclic) bond motifs is 1. The van der Waals surface area contributed by atoms with Gasteiger partial charge in [-0.2, -0.15) is 8.42 Å². The van der Waals surface area contributed by atoms with Crippen molar-refractivity contribution in [2.45, 2.75) is 16.3 Å². The highest BCUT2D eigenvalue weighted by atomic mass is 35.5. The molecule has 0 N–H and O–H groups in total. The summed E-state index contributed by atoms with van der Waals surface area (Å²) in [5.74, 6) is 0. The highest BCUT2D eigenvalue weighted by Gasteiger charge is 2.15. The Morgan fingerprint density at radius 2 is 1.96 bits per heavy atom. The van der Waals surface area contributed by atoms with Crippen LogP contribution >= 0.6 is 34.7 Å². The normalized spacial score (nSPS) is 12.8. The fourth-order valence-electron chi connectivity index (χ4n) is 2.41. The van der Waals surface area contributed by atoms with E-state index in [1.807, 2.05) is 29.0 Å². The zero-order valence-corrected chi connectivity index (χ0v) is 17.4. The topological polar surface area (TPSA) is 60.7 Å². The van der Waals surface area contributed by atoms with Gasteiger partial charge in [-0.25, -0.2) is 0 Å². The van der Waals surface area contributed by atoms with Gasteiger partial charge in [-0.1, -0.05) is 22.9 Å². The summed E-state index contributed by atoms with van der Waals surface area (Å²) < 4.78 is 37.5. The van der Waals surface area contributed by atoms with Crippen LogP contribution in [-0.2, 0) is 21.3 Å². The molecule has 1 heterocycles. The molecule has 0 spiro atoms. The van der Waals surface area contributed by atoms with Gasteiger partial charge in [0.15, 0.2) is 0 Å². The second-order valence-corrected chi connectivity index (χ2v) is 9.31. The van der Waals surface area contributed by atoms with Crippen LogP contribution in [0.25, 0.3) is 10.2 Å². The van der Waals surface area contributed by atoms with Crippen molar-refractivity contribution in [2.24, 2.45) is 4.40 Å². The van der Waals surface area contributed by atoms with Crippen LogP contribution in [0.15, 0.2) is 56.7 Å². The molecule has 0 saturated heterocycles. The van der Waals surface area contributed by atoms with Gasteiger partial charge in [0.05, 0.1) is 21.7 Å². The molecule has 0 aliphatic heterocycles. The number of hydrogen-bond acceptors (Lipinski definition) is 5. The lowest BCUT2D eigenvalue weighted by Gasteiger charge is -2.05. The maximum atomic E-state index is 12.7. The lowest BCUT2D eigenvalue weighted by atomic mass is 10.3. The van der Waals surface area contributed by atoms with Gasteiger partial charge in [0.25, 0.3) is 10.0 Å². The van der Waals surface area contributed by atoms with Gasteiger partial charge in [-0.05, 0) is 48.7 Å². The molecule has 0 aliphatic carbocycles. The van der Waals surface area contributed by atoms with E-state index in [9.17, 15) is 8.42 Å². The molecule has 0 amide bonds. The van der Waals surface area contributed by atoms with E-state index in [-0.39, 0.29) is 4.90 Å². The second kappa shape index (κ2) is 8.14. The third-order valence-corrected chi connectivity index (χ3v) is 7.13. The number of nitrogens with zero attached hydrogens (tertiary/aromatic N) is 2. The van der Waals surface area contributed by atoms with Gasteiger partial charge >= 0.3 is 0 Å². The number of benzene rings is 2. The molecule has 2 aromatic carbocycles. The molecular formula is C17H17ClN2O3S3. The molecule has 3 aromatic rings. The lowest BCUT2D eigenvalue weighted by Crippen LogP contribution is -2.19.